The van der Waals surface area contributed by atoms with Crippen molar-refractivity contribution in [3.05, 3.63) is 78.0 Å². The predicted octanol–water partition coefficient (Wildman–Crippen LogP) is 1.18. The molecule has 1 aliphatic rings. The molecule has 0 unspecified atom stereocenters. The first-order valence-electron chi connectivity index (χ1n) is 16.2. The van der Waals surface area contributed by atoms with Crippen molar-refractivity contribution >= 4 is 35.4 Å². The van der Waals surface area contributed by atoms with Gasteiger partial charge in [-0.25, -0.2) is 0 Å². The second-order valence-electron chi connectivity index (χ2n) is 12.4. The highest BCUT2D eigenvalue weighted by Crippen LogP contribution is 2.20. The summed E-state index contributed by atoms with van der Waals surface area (Å²) in [5.41, 5.74) is 1.46. The lowest BCUT2D eigenvalue weighted by Gasteiger charge is -2.28. The highest BCUT2D eigenvalue weighted by atomic mass is 16.5. The van der Waals surface area contributed by atoms with Crippen LogP contribution in [0.25, 0.3) is 11.3 Å². The lowest BCUT2D eigenvalue weighted by atomic mass is 10.0. The zero-order valence-electron chi connectivity index (χ0n) is 28.0. The summed E-state index contributed by atoms with van der Waals surface area (Å²) in [5.74, 6) is -3.49. The number of nitrogens with zero attached hydrogens (tertiary/aromatic N) is 2. The van der Waals surface area contributed by atoms with Gasteiger partial charge >= 0.3 is 0 Å². The molecule has 14 heteroatoms. The van der Waals surface area contributed by atoms with Crippen molar-refractivity contribution in [3.63, 3.8) is 0 Å². The van der Waals surface area contributed by atoms with E-state index in [2.05, 4.69) is 31.7 Å². The summed E-state index contributed by atoms with van der Waals surface area (Å²) < 4.78 is 5.34. The average Bonchev–Trinajstić information content (AvgIpc) is 3.58. The number of nitrogens with one attached hydrogen (secondary N) is 5. The minimum atomic E-state index is -1.11. The molecule has 6 amide bonds. The second kappa shape index (κ2) is 17.0. The van der Waals surface area contributed by atoms with E-state index in [1.165, 1.54) is 24.9 Å². The van der Waals surface area contributed by atoms with Gasteiger partial charge in [0.2, 0.25) is 29.5 Å². The van der Waals surface area contributed by atoms with E-state index in [0.29, 0.717) is 11.3 Å². The van der Waals surface area contributed by atoms with E-state index >= 15 is 0 Å². The van der Waals surface area contributed by atoms with E-state index in [-0.39, 0.29) is 38.0 Å². The molecule has 0 bridgehead atoms. The summed E-state index contributed by atoms with van der Waals surface area (Å²) in [6.45, 7) is 4.79. The number of benzene rings is 2. The maximum Gasteiger partial charge on any atom is 0.274 e. The number of hydrogen-bond donors (Lipinski definition) is 5. The molecule has 0 saturated carbocycles. The van der Waals surface area contributed by atoms with Crippen molar-refractivity contribution in [2.45, 2.75) is 64.2 Å². The Hall–Kier alpha value is -5.53. The molecule has 260 valence electrons. The van der Waals surface area contributed by atoms with Gasteiger partial charge in [0, 0.05) is 31.6 Å². The van der Waals surface area contributed by atoms with E-state index in [9.17, 15) is 28.8 Å². The van der Waals surface area contributed by atoms with E-state index in [0.717, 1.165) is 5.56 Å². The molecule has 49 heavy (non-hydrogen) atoms. The topological polar surface area (TPSA) is 192 Å². The van der Waals surface area contributed by atoms with E-state index in [1.807, 2.05) is 48.5 Å². The normalized spacial score (nSPS) is 21.9. The fourth-order valence-corrected chi connectivity index (χ4v) is 5.28. The summed E-state index contributed by atoms with van der Waals surface area (Å²) in [6.07, 6.45) is 0.538. The molecule has 4 atom stereocenters. The van der Waals surface area contributed by atoms with Gasteiger partial charge in [0.25, 0.3) is 5.91 Å². The Morgan fingerprint density at radius 3 is 2.29 bits per heavy atom. The minimum absolute atomic E-state index is 0.0457. The third-order valence-electron chi connectivity index (χ3n) is 8.07. The molecule has 1 fully saturated rings. The highest BCUT2D eigenvalue weighted by molar-refractivity contribution is 5.98. The van der Waals surface area contributed by atoms with Crippen LogP contribution in [0.5, 0.6) is 0 Å². The molecular formula is C35H43N7O7. The lowest BCUT2D eigenvalue weighted by molar-refractivity contribution is -0.139. The number of hydrogen-bond acceptors (Lipinski definition) is 8. The van der Waals surface area contributed by atoms with Crippen LogP contribution < -0.4 is 26.6 Å². The molecule has 4 rings (SSSR count). The Kier molecular flexibility index (Phi) is 12.6. The number of carbonyl (C=O) groups is 6. The van der Waals surface area contributed by atoms with Crippen LogP contribution in [0, 0.1) is 5.92 Å². The molecule has 1 saturated heterocycles. The van der Waals surface area contributed by atoms with Crippen LogP contribution in [0.1, 0.15) is 49.7 Å². The largest absolute Gasteiger partial charge is 0.355 e. The van der Waals surface area contributed by atoms with Crippen molar-refractivity contribution < 1.29 is 33.3 Å². The van der Waals surface area contributed by atoms with Gasteiger partial charge in [0.15, 0.2) is 11.5 Å². The minimum Gasteiger partial charge on any atom is -0.355 e. The highest BCUT2D eigenvalue weighted by Gasteiger charge is 2.33. The predicted molar refractivity (Wildman–Crippen MR) is 180 cm³/mol. The molecule has 0 spiro atoms. The summed E-state index contributed by atoms with van der Waals surface area (Å²) in [6, 6.07) is 15.4. The van der Waals surface area contributed by atoms with Crippen LogP contribution in [0.4, 0.5) is 0 Å². The number of likely N-dealkylation sites (N-methyl/N-ethyl adjacent to an activating group) is 1. The average molecular weight is 674 g/mol. The van der Waals surface area contributed by atoms with E-state index in [1.54, 1.807) is 26.0 Å². The maximum absolute atomic E-state index is 13.6. The molecule has 2 aromatic carbocycles. The Bertz CT molecular complexity index is 1630. The van der Waals surface area contributed by atoms with Crippen molar-refractivity contribution in [3.8, 4) is 11.3 Å². The third kappa shape index (κ3) is 10.2. The first kappa shape index (κ1) is 36.3. The van der Waals surface area contributed by atoms with E-state index < -0.39 is 65.5 Å². The van der Waals surface area contributed by atoms with Gasteiger partial charge in [-0.15, -0.1) is 0 Å². The number of rotatable bonds is 6. The Labute approximate surface area is 284 Å². The molecule has 5 N–H and O–H groups in total. The molecule has 14 nitrogen and oxygen atoms in total. The molecule has 0 radical (unpaired) electrons. The quantitative estimate of drug-likeness (QED) is 0.258. The SMILES string of the molecule is CC(C)[C@H]1NC(=O)[C@@H](NC(=O)c2cc(-c3ccccc3)on2)CCCNC(=O)CN(C)C(=O)[C@H](Cc2ccccc2)NC(=O)[C@@H](C)NC1=O. The molecule has 0 aliphatic carbocycles. The van der Waals surface area contributed by atoms with Gasteiger partial charge in [0.1, 0.15) is 24.2 Å². The second-order valence-corrected chi connectivity index (χ2v) is 12.4. The number of carbonyl (C=O) groups excluding carboxylic acids is 6. The fourth-order valence-electron chi connectivity index (χ4n) is 5.28. The Morgan fingerprint density at radius 1 is 0.939 bits per heavy atom. The lowest BCUT2D eigenvalue weighted by Crippen LogP contribution is -2.59. The van der Waals surface area contributed by atoms with Crippen LogP contribution in [0.3, 0.4) is 0 Å². The van der Waals surface area contributed by atoms with Gasteiger partial charge in [-0.2, -0.15) is 0 Å². The number of amides is 6. The Balaban J connectivity index is 1.53. The smallest absolute Gasteiger partial charge is 0.274 e. The number of aromatic nitrogens is 1. The van der Waals surface area contributed by atoms with Gasteiger partial charge in [-0.3, -0.25) is 28.8 Å². The van der Waals surface area contributed by atoms with Crippen LogP contribution in [-0.4, -0.2) is 89.8 Å². The summed E-state index contributed by atoms with van der Waals surface area (Å²) in [4.78, 5) is 81.0. The van der Waals surface area contributed by atoms with Crippen LogP contribution >= 0.6 is 0 Å². The van der Waals surface area contributed by atoms with Crippen molar-refractivity contribution in [2.24, 2.45) is 5.92 Å². The van der Waals surface area contributed by atoms with Crippen molar-refractivity contribution in [2.75, 3.05) is 20.1 Å². The van der Waals surface area contributed by atoms with Crippen molar-refractivity contribution in [1.29, 1.82) is 0 Å². The molecule has 1 aromatic heterocycles. The van der Waals surface area contributed by atoms with Crippen LogP contribution in [0.15, 0.2) is 71.3 Å². The Morgan fingerprint density at radius 2 is 1.61 bits per heavy atom. The van der Waals surface area contributed by atoms with Gasteiger partial charge < -0.3 is 36.0 Å². The molecule has 3 aromatic rings. The summed E-state index contributed by atoms with van der Waals surface area (Å²) >= 11 is 0. The van der Waals surface area contributed by atoms with Crippen LogP contribution in [-0.2, 0) is 30.4 Å². The fraction of sp³-hybridized carbons (Fsp3) is 0.400. The summed E-state index contributed by atoms with van der Waals surface area (Å²) in [7, 11) is 1.46. The molecule has 1 aliphatic heterocycles. The standard InChI is InChI=1S/C35H43N7O7/c1-21(2)30-34(47)37-22(3)31(44)39-27(18-23-12-7-5-8-13-23)35(48)42(4)20-29(43)36-17-11-16-25(32(45)40-30)38-33(46)26-19-28(49-41-26)24-14-9-6-10-15-24/h5-10,12-15,19,21-22,25,27,30H,11,16-18,20H2,1-4H3,(H,36,43)(H,37,47)(H,38,46)(H,39,44)(H,40,45)/t22-,25+,27+,30-/m1/s1. The molecule has 2 heterocycles. The van der Waals surface area contributed by atoms with Gasteiger partial charge in [-0.1, -0.05) is 79.7 Å². The first-order chi connectivity index (χ1) is 23.4. The zero-order chi connectivity index (χ0) is 35.5. The third-order valence-corrected chi connectivity index (χ3v) is 8.07. The zero-order valence-corrected chi connectivity index (χ0v) is 28.0. The summed E-state index contributed by atoms with van der Waals surface area (Å²) in [5, 5.41) is 17.3. The van der Waals surface area contributed by atoms with Gasteiger partial charge in [0.05, 0.1) is 6.54 Å². The van der Waals surface area contributed by atoms with E-state index in [4.69, 9.17) is 4.52 Å². The molecular weight excluding hydrogens is 630 g/mol. The maximum atomic E-state index is 13.6. The van der Waals surface area contributed by atoms with Crippen LogP contribution in [0.2, 0.25) is 0 Å². The first-order valence-corrected chi connectivity index (χ1v) is 16.2. The van der Waals surface area contributed by atoms with Gasteiger partial charge in [-0.05, 0) is 31.2 Å². The van der Waals surface area contributed by atoms with Crippen molar-refractivity contribution in [1.82, 2.24) is 36.6 Å². The monoisotopic (exact) mass is 673 g/mol.